The van der Waals surface area contributed by atoms with Gasteiger partial charge in [0.1, 0.15) is 0 Å². The van der Waals surface area contributed by atoms with Gasteiger partial charge in [-0.25, -0.2) is 0 Å². The lowest BCUT2D eigenvalue weighted by Crippen LogP contribution is -1.63. The summed E-state index contributed by atoms with van der Waals surface area (Å²) in [5.41, 5.74) is 0. The molecule has 0 fully saturated rings. The summed E-state index contributed by atoms with van der Waals surface area (Å²) in [4.78, 5) is 0. The quantitative estimate of drug-likeness (QED) is 0.564. The molecule has 0 spiro atoms. The SMILES string of the molecule is CCC.Oc1ccccc1O. The molecular formula is C9H14O2. The van der Waals surface area contributed by atoms with Crippen LogP contribution >= 0.6 is 0 Å². The fraction of sp³-hybridized carbons (Fsp3) is 0.333. The zero-order valence-electron chi connectivity index (χ0n) is 6.91. The van der Waals surface area contributed by atoms with E-state index in [1.807, 2.05) is 0 Å². The molecule has 0 saturated heterocycles. The molecule has 0 atom stereocenters. The van der Waals surface area contributed by atoms with Crippen molar-refractivity contribution < 1.29 is 10.2 Å². The van der Waals surface area contributed by atoms with Crippen LogP contribution in [0.3, 0.4) is 0 Å². The fourth-order valence-electron chi connectivity index (χ4n) is 0.464. The van der Waals surface area contributed by atoms with Crippen LogP contribution in [-0.2, 0) is 0 Å². The fourth-order valence-corrected chi connectivity index (χ4v) is 0.464. The van der Waals surface area contributed by atoms with Crippen molar-refractivity contribution in [3.05, 3.63) is 24.3 Å². The van der Waals surface area contributed by atoms with Crippen molar-refractivity contribution in [2.24, 2.45) is 0 Å². The standard InChI is InChI=1S/C6H6O2.C3H8/c7-5-3-1-2-4-6(5)8;1-3-2/h1-4,7-8H;3H2,1-2H3. The van der Waals surface area contributed by atoms with Gasteiger partial charge in [0, 0.05) is 0 Å². The first kappa shape index (κ1) is 9.82. The van der Waals surface area contributed by atoms with Crippen molar-refractivity contribution in [2.75, 3.05) is 0 Å². The van der Waals surface area contributed by atoms with Crippen molar-refractivity contribution in [3.8, 4) is 11.5 Å². The first-order valence-corrected chi connectivity index (χ1v) is 3.69. The van der Waals surface area contributed by atoms with Gasteiger partial charge in [0.15, 0.2) is 11.5 Å². The molecule has 0 amide bonds. The zero-order valence-corrected chi connectivity index (χ0v) is 6.91. The molecule has 0 heterocycles. The second kappa shape index (κ2) is 5.59. The van der Waals surface area contributed by atoms with E-state index in [-0.39, 0.29) is 11.5 Å². The molecule has 0 radical (unpaired) electrons. The third-order valence-corrected chi connectivity index (χ3v) is 0.882. The monoisotopic (exact) mass is 154 g/mol. The van der Waals surface area contributed by atoms with E-state index in [9.17, 15) is 0 Å². The van der Waals surface area contributed by atoms with Crippen LogP contribution in [0.2, 0.25) is 0 Å². The van der Waals surface area contributed by atoms with Gasteiger partial charge in [-0.05, 0) is 12.1 Å². The first-order valence-electron chi connectivity index (χ1n) is 3.69. The number of benzene rings is 1. The van der Waals surface area contributed by atoms with Crippen molar-refractivity contribution >= 4 is 0 Å². The minimum atomic E-state index is -0.0764. The van der Waals surface area contributed by atoms with Crippen molar-refractivity contribution in [3.63, 3.8) is 0 Å². The molecule has 2 N–H and O–H groups in total. The maximum absolute atomic E-state index is 8.67. The Hall–Kier alpha value is -1.18. The number of rotatable bonds is 0. The highest BCUT2D eigenvalue weighted by Crippen LogP contribution is 2.21. The Labute approximate surface area is 67.1 Å². The van der Waals surface area contributed by atoms with Gasteiger partial charge in [0.25, 0.3) is 0 Å². The molecule has 0 aliphatic rings. The van der Waals surface area contributed by atoms with E-state index in [2.05, 4.69) is 13.8 Å². The molecule has 2 nitrogen and oxygen atoms in total. The normalized spacial score (nSPS) is 8.18. The van der Waals surface area contributed by atoms with Crippen molar-refractivity contribution in [2.45, 2.75) is 20.3 Å². The van der Waals surface area contributed by atoms with Crippen molar-refractivity contribution in [1.82, 2.24) is 0 Å². The molecule has 2 heteroatoms. The number of hydrogen-bond donors (Lipinski definition) is 2. The van der Waals surface area contributed by atoms with E-state index >= 15 is 0 Å². The Bertz CT molecular complexity index is 176. The van der Waals surface area contributed by atoms with Gasteiger partial charge in [-0.3, -0.25) is 0 Å². The maximum Gasteiger partial charge on any atom is 0.157 e. The summed E-state index contributed by atoms with van der Waals surface area (Å²) in [6.45, 7) is 4.25. The van der Waals surface area contributed by atoms with Gasteiger partial charge in [0.2, 0.25) is 0 Å². The number of para-hydroxylation sites is 2. The van der Waals surface area contributed by atoms with Gasteiger partial charge in [-0.1, -0.05) is 32.4 Å². The third-order valence-electron chi connectivity index (χ3n) is 0.882. The first-order chi connectivity index (χ1) is 5.22. The summed E-state index contributed by atoms with van der Waals surface area (Å²) in [6.07, 6.45) is 1.25. The largest absolute Gasteiger partial charge is 0.504 e. The summed E-state index contributed by atoms with van der Waals surface area (Å²) in [7, 11) is 0. The van der Waals surface area contributed by atoms with Crippen LogP contribution in [0.15, 0.2) is 24.3 Å². The Morgan fingerprint density at radius 1 is 1.00 bits per heavy atom. The van der Waals surface area contributed by atoms with Crippen LogP contribution in [0, 0.1) is 0 Å². The Kier molecular flexibility index (Phi) is 4.99. The second-order valence-electron chi connectivity index (χ2n) is 2.20. The molecule has 0 aromatic heterocycles. The van der Waals surface area contributed by atoms with Crippen LogP contribution in [0.5, 0.6) is 11.5 Å². The lowest BCUT2D eigenvalue weighted by Gasteiger charge is -1.91. The van der Waals surface area contributed by atoms with E-state index in [1.165, 1.54) is 18.6 Å². The van der Waals surface area contributed by atoms with Crippen LogP contribution < -0.4 is 0 Å². The predicted molar refractivity (Wildman–Crippen MR) is 45.7 cm³/mol. The number of phenolic OH excluding ortho intramolecular Hbond substituents is 2. The second-order valence-corrected chi connectivity index (χ2v) is 2.20. The average Bonchev–Trinajstić information content (AvgIpc) is 1.97. The van der Waals surface area contributed by atoms with Gasteiger partial charge in [-0.2, -0.15) is 0 Å². The number of aromatic hydroxyl groups is 2. The van der Waals surface area contributed by atoms with E-state index < -0.39 is 0 Å². The van der Waals surface area contributed by atoms with E-state index in [1.54, 1.807) is 12.1 Å². The maximum atomic E-state index is 8.67. The van der Waals surface area contributed by atoms with Crippen LogP contribution in [0.25, 0.3) is 0 Å². The molecule has 0 aliphatic carbocycles. The Balaban J connectivity index is 0.000000292. The summed E-state index contributed by atoms with van der Waals surface area (Å²) < 4.78 is 0. The molecule has 1 aromatic rings. The molecule has 11 heavy (non-hydrogen) atoms. The highest BCUT2D eigenvalue weighted by molar-refractivity contribution is 5.36. The van der Waals surface area contributed by atoms with Crippen LogP contribution in [-0.4, -0.2) is 10.2 Å². The average molecular weight is 154 g/mol. The van der Waals surface area contributed by atoms with Gasteiger partial charge in [0.05, 0.1) is 0 Å². The third kappa shape index (κ3) is 4.25. The van der Waals surface area contributed by atoms with Gasteiger partial charge < -0.3 is 10.2 Å². The highest BCUT2D eigenvalue weighted by atomic mass is 16.3. The number of hydrogen-bond acceptors (Lipinski definition) is 2. The van der Waals surface area contributed by atoms with Gasteiger partial charge >= 0.3 is 0 Å². The summed E-state index contributed by atoms with van der Waals surface area (Å²) >= 11 is 0. The molecule has 0 unspecified atom stereocenters. The predicted octanol–water partition coefficient (Wildman–Crippen LogP) is 2.51. The summed E-state index contributed by atoms with van der Waals surface area (Å²) in [5, 5.41) is 17.3. The smallest absolute Gasteiger partial charge is 0.157 e. The molecular weight excluding hydrogens is 140 g/mol. The van der Waals surface area contributed by atoms with E-state index in [0.717, 1.165) is 0 Å². The topological polar surface area (TPSA) is 40.5 Å². The Morgan fingerprint density at radius 3 is 1.45 bits per heavy atom. The van der Waals surface area contributed by atoms with E-state index in [0.29, 0.717) is 0 Å². The highest BCUT2D eigenvalue weighted by Gasteiger charge is 1.90. The molecule has 1 rings (SSSR count). The zero-order chi connectivity index (χ0) is 8.69. The molecule has 1 aromatic carbocycles. The molecule has 0 bridgehead atoms. The van der Waals surface area contributed by atoms with Crippen LogP contribution in [0.4, 0.5) is 0 Å². The summed E-state index contributed by atoms with van der Waals surface area (Å²) in [5.74, 6) is -0.153. The van der Waals surface area contributed by atoms with Gasteiger partial charge in [-0.15, -0.1) is 0 Å². The number of phenols is 2. The molecule has 0 saturated carbocycles. The lowest BCUT2D eigenvalue weighted by molar-refractivity contribution is 0.404. The summed E-state index contributed by atoms with van der Waals surface area (Å²) in [6, 6.07) is 6.15. The van der Waals surface area contributed by atoms with Crippen LogP contribution in [0.1, 0.15) is 20.3 Å². The lowest BCUT2D eigenvalue weighted by atomic mass is 10.3. The van der Waals surface area contributed by atoms with E-state index in [4.69, 9.17) is 10.2 Å². The minimum Gasteiger partial charge on any atom is -0.504 e. The minimum absolute atomic E-state index is 0.0764. The molecule has 0 aliphatic heterocycles. The Morgan fingerprint density at radius 2 is 1.27 bits per heavy atom. The van der Waals surface area contributed by atoms with Crippen molar-refractivity contribution in [1.29, 1.82) is 0 Å². The molecule has 62 valence electrons.